The van der Waals surface area contributed by atoms with E-state index in [1.54, 1.807) is 78.4 Å². The minimum atomic E-state index is -1.21. The lowest BCUT2D eigenvalue weighted by molar-refractivity contribution is -0.140. The van der Waals surface area contributed by atoms with Crippen molar-refractivity contribution in [3.63, 3.8) is 0 Å². The number of fused-ring (bicyclic) bond motifs is 1. The van der Waals surface area contributed by atoms with Crippen molar-refractivity contribution in [3.05, 3.63) is 101 Å². The highest BCUT2D eigenvalue weighted by Gasteiger charge is 2.40. The molecule has 0 bridgehead atoms. The molecule has 4 aromatic rings. The van der Waals surface area contributed by atoms with Gasteiger partial charge < -0.3 is 15.0 Å². The van der Waals surface area contributed by atoms with Gasteiger partial charge in [0.25, 0.3) is 17.7 Å². The summed E-state index contributed by atoms with van der Waals surface area (Å²) in [7, 11) is 1.54. The van der Waals surface area contributed by atoms with E-state index in [0.717, 1.165) is 16.4 Å². The van der Waals surface area contributed by atoms with Gasteiger partial charge in [-0.3, -0.25) is 29.1 Å². The molecule has 1 aliphatic heterocycles. The number of carbonyl (C=O) groups is 4. The van der Waals surface area contributed by atoms with Gasteiger partial charge in [0, 0.05) is 30.0 Å². The lowest BCUT2D eigenvalue weighted by Gasteiger charge is -2.31. The van der Waals surface area contributed by atoms with Gasteiger partial charge in [-0.15, -0.1) is 5.10 Å². The van der Waals surface area contributed by atoms with Crippen LogP contribution < -0.4 is 10.1 Å². The van der Waals surface area contributed by atoms with Gasteiger partial charge >= 0.3 is 0 Å². The first kappa shape index (κ1) is 25.7. The number of aromatic nitrogens is 3. The fourth-order valence-electron chi connectivity index (χ4n) is 4.23. The quantitative estimate of drug-likeness (QED) is 0.319. The van der Waals surface area contributed by atoms with Crippen LogP contribution in [0.4, 0.5) is 5.69 Å². The fraction of sp³-hybridized carbons (Fsp3) is 0.148. The maximum atomic E-state index is 13.8. The second-order valence-electron chi connectivity index (χ2n) is 8.58. The average molecular weight is 543 g/mol. The van der Waals surface area contributed by atoms with Gasteiger partial charge in [0.05, 0.1) is 18.2 Å². The molecule has 0 aliphatic carbocycles. The molecule has 39 heavy (non-hydrogen) atoms. The van der Waals surface area contributed by atoms with Crippen molar-refractivity contribution in [1.29, 1.82) is 0 Å². The van der Waals surface area contributed by atoms with Gasteiger partial charge in [-0.05, 0) is 59.6 Å². The predicted molar refractivity (Wildman–Crippen MR) is 141 cm³/mol. The topological polar surface area (TPSA) is 135 Å². The number of hydrogen-bond donors (Lipinski definition) is 1. The Morgan fingerprint density at radius 3 is 2.33 bits per heavy atom. The third kappa shape index (κ3) is 5.36. The molecular formula is C27H22N6O5S. The Kier molecular flexibility index (Phi) is 7.37. The minimum absolute atomic E-state index is 0.0337. The number of methoxy groups -OCH3 is 1. The molecule has 0 fully saturated rings. The van der Waals surface area contributed by atoms with Gasteiger partial charge in [-0.25, -0.2) is 0 Å². The smallest absolute Gasteiger partial charge is 0.262 e. The maximum absolute atomic E-state index is 13.8. The zero-order valence-electron chi connectivity index (χ0n) is 20.7. The van der Waals surface area contributed by atoms with E-state index in [-0.39, 0.29) is 23.4 Å². The highest BCUT2D eigenvalue weighted by Crippen LogP contribution is 2.27. The Morgan fingerprint density at radius 2 is 1.74 bits per heavy atom. The van der Waals surface area contributed by atoms with Gasteiger partial charge in [-0.1, -0.05) is 22.7 Å². The zero-order valence-corrected chi connectivity index (χ0v) is 21.5. The normalized spacial score (nSPS) is 13.1. The largest absolute Gasteiger partial charge is 0.497 e. The van der Waals surface area contributed by atoms with Gasteiger partial charge in [0.2, 0.25) is 5.91 Å². The summed E-state index contributed by atoms with van der Waals surface area (Å²) in [6.07, 6.45) is 3.16. The van der Waals surface area contributed by atoms with E-state index in [4.69, 9.17) is 4.74 Å². The number of ether oxygens (including phenoxy) is 1. The maximum Gasteiger partial charge on any atom is 0.262 e. The number of rotatable bonds is 9. The van der Waals surface area contributed by atoms with Crippen molar-refractivity contribution < 1.29 is 23.9 Å². The lowest BCUT2D eigenvalue weighted by Crippen LogP contribution is -2.47. The van der Waals surface area contributed by atoms with Crippen LogP contribution in [-0.2, 0) is 16.1 Å². The van der Waals surface area contributed by atoms with Crippen LogP contribution in [0, 0.1) is 0 Å². The van der Waals surface area contributed by atoms with Crippen LogP contribution in [0.1, 0.15) is 38.0 Å². The van der Waals surface area contributed by atoms with E-state index < -0.39 is 36.2 Å². The van der Waals surface area contributed by atoms with Gasteiger partial charge in [0.15, 0.2) is 6.04 Å². The monoisotopic (exact) mass is 542 g/mol. The van der Waals surface area contributed by atoms with Crippen molar-refractivity contribution in [2.75, 3.05) is 19.0 Å². The van der Waals surface area contributed by atoms with Crippen molar-refractivity contribution in [2.45, 2.75) is 12.6 Å². The molecule has 5 rings (SSSR count). The minimum Gasteiger partial charge on any atom is -0.497 e. The van der Waals surface area contributed by atoms with E-state index >= 15 is 0 Å². The van der Waals surface area contributed by atoms with Crippen LogP contribution in [0.5, 0.6) is 5.75 Å². The molecule has 2 aromatic carbocycles. The highest BCUT2D eigenvalue weighted by atomic mass is 32.1. The summed E-state index contributed by atoms with van der Waals surface area (Å²) in [4.78, 5) is 59.7. The molecule has 0 spiro atoms. The average Bonchev–Trinajstić information content (AvgIpc) is 3.57. The summed E-state index contributed by atoms with van der Waals surface area (Å²) in [5.74, 6) is -1.70. The Hall–Kier alpha value is -4.97. The van der Waals surface area contributed by atoms with Crippen LogP contribution in [0.25, 0.3) is 0 Å². The Morgan fingerprint density at radius 1 is 1.03 bits per heavy atom. The predicted octanol–water partition coefficient (Wildman–Crippen LogP) is 2.95. The van der Waals surface area contributed by atoms with Crippen molar-refractivity contribution in [1.82, 2.24) is 24.4 Å². The summed E-state index contributed by atoms with van der Waals surface area (Å²) in [6.45, 7) is -0.593. The molecule has 2 aromatic heterocycles. The zero-order chi connectivity index (χ0) is 27.4. The van der Waals surface area contributed by atoms with Gasteiger partial charge in [0.1, 0.15) is 18.0 Å². The first-order valence-corrected chi connectivity index (χ1v) is 12.7. The molecule has 0 radical (unpaired) electrons. The molecule has 0 saturated heterocycles. The van der Waals surface area contributed by atoms with E-state index in [9.17, 15) is 19.2 Å². The molecule has 0 unspecified atom stereocenters. The number of hydrogen-bond acceptors (Lipinski definition) is 9. The van der Waals surface area contributed by atoms with Crippen LogP contribution in [0.15, 0.2) is 78.4 Å². The van der Waals surface area contributed by atoms with E-state index in [1.807, 2.05) is 0 Å². The molecule has 1 N–H and O–H groups in total. The number of pyridine rings is 1. The summed E-state index contributed by atoms with van der Waals surface area (Å²) < 4.78 is 9.06. The second-order valence-corrected chi connectivity index (χ2v) is 9.18. The van der Waals surface area contributed by atoms with Crippen molar-refractivity contribution in [3.8, 4) is 5.75 Å². The van der Waals surface area contributed by atoms with Crippen molar-refractivity contribution in [2.24, 2.45) is 0 Å². The second kappa shape index (κ2) is 11.2. The molecule has 3 heterocycles. The summed E-state index contributed by atoms with van der Waals surface area (Å²) >= 11 is 1.03. The standard InChI is InChI=1S/C27H22N6O5S/c1-38-19-10-8-18(9-11-19)29-25(35)24(22-16-39-31-30-22)32(14-17-5-4-12-28-13-17)23(34)15-33-26(36)20-6-2-3-7-21(20)27(33)37/h2-13,16,24H,14-15H2,1H3,(H,29,35)/t24-/m0/s1. The molecular weight excluding hydrogens is 520 g/mol. The third-order valence-electron chi connectivity index (χ3n) is 6.14. The van der Waals surface area contributed by atoms with Crippen LogP contribution in [0.3, 0.4) is 0 Å². The number of amides is 4. The molecule has 4 amide bonds. The fourth-order valence-corrected chi connectivity index (χ4v) is 4.70. The summed E-state index contributed by atoms with van der Waals surface area (Å²) in [5, 5.41) is 8.46. The van der Waals surface area contributed by atoms with E-state index in [2.05, 4.69) is 19.9 Å². The van der Waals surface area contributed by atoms with Crippen LogP contribution >= 0.6 is 11.5 Å². The first-order chi connectivity index (χ1) is 19.0. The number of imide groups is 1. The first-order valence-electron chi connectivity index (χ1n) is 11.8. The Bertz CT molecular complexity index is 1480. The molecule has 1 aliphatic rings. The SMILES string of the molecule is COc1ccc(NC(=O)[C@H](c2csnn2)N(Cc2cccnc2)C(=O)CN2C(=O)c3ccccc3C2=O)cc1. The van der Waals surface area contributed by atoms with Crippen molar-refractivity contribution >= 4 is 40.8 Å². The Labute approximate surface area is 227 Å². The van der Waals surface area contributed by atoms with E-state index in [1.165, 1.54) is 12.0 Å². The van der Waals surface area contributed by atoms with E-state index in [0.29, 0.717) is 17.0 Å². The molecule has 0 saturated carbocycles. The summed E-state index contributed by atoms with van der Waals surface area (Å²) in [5.41, 5.74) is 1.81. The molecule has 11 nitrogen and oxygen atoms in total. The van der Waals surface area contributed by atoms with Crippen LogP contribution in [0.2, 0.25) is 0 Å². The molecule has 196 valence electrons. The lowest BCUT2D eigenvalue weighted by atomic mass is 10.1. The highest BCUT2D eigenvalue weighted by molar-refractivity contribution is 7.03. The molecule has 12 heteroatoms. The number of carbonyl (C=O) groups excluding carboxylic acids is 4. The molecule has 1 atom stereocenters. The number of benzene rings is 2. The number of anilines is 1. The number of nitrogens with one attached hydrogen (secondary N) is 1. The number of nitrogens with zero attached hydrogens (tertiary/aromatic N) is 5. The Balaban J connectivity index is 1.47. The van der Waals surface area contributed by atoms with Gasteiger partial charge in [-0.2, -0.15) is 0 Å². The third-order valence-corrected chi connectivity index (χ3v) is 6.67. The van der Waals surface area contributed by atoms with Crippen LogP contribution in [-0.4, -0.2) is 61.7 Å². The summed E-state index contributed by atoms with van der Waals surface area (Å²) in [6, 6.07) is 15.3.